The number of aromatic amines is 1. The number of nitrogens with zero attached hydrogens (tertiary/aromatic N) is 5. The van der Waals surface area contributed by atoms with Crippen molar-refractivity contribution in [2.45, 2.75) is 27.3 Å². The van der Waals surface area contributed by atoms with E-state index in [4.69, 9.17) is 4.98 Å². The van der Waals surface area contributed by atoms with E-state index in [9.17, 15) is 9.59 Å². The number of imidazole rings is 1. The van der Waals surface area contributed by atoms with Crippen molar-refractivity contribution in [1.29, 1.82) is 0 Å². The molecule has 0 fully saturated rings. The fourth-order valence-electron chi connectivity index (χ4n) is 4.05. The van der Waals surface area contributed by atoms with Crippen molar-refractivity contribution in [2.24, 2.45) is 7.05 Å². The van der Waals surface area contributed by atoms with Gasteiger partial charge < -0.3 is 0 Å². The summed E-state index contributed by atoms with van der Waals surface area (Å²) in [5.74, 6) is 0.503. The van der Waals surface area contributed by atoms with Gasteiger partial charge in [0.2, 0.25) is 5.95 Å². The maximum absolute atomic E-state index is 12.9. The molecule has 0 saturated carbocycles. The Labute approximate surface area is 177 Å². The summed E-state index contributed by atoms with van der Waals surface area (Å²) in [6, 6.07) is 14.2. The van der Waals surface area contributed by atoms with Crippen LogP contribution in [0.2, 0.25) is 0 Å². The maximum atomic E-state index is 12.9. The van der Waals surface area contributed by atoms with Crippen molar-refractivity contribution in [3.05, 3.63) is 85.8 Å². The number of hydrogen-bond donors (Lipinski definition) is 1. The van der Waals surface area contributed by atoms with E-state index in [1.54, 1.807) is 11.7 Å². The quantitative estimate of drug-likeness (QED) is 0.492. The van der Waals surface area contributed by atoms with E-state index in [2.05, 4.69) is 28.3 Å². The van der Waals surface area contributed by atoms with Crippen LogP contribution in [0.5, 0.6) is 0 Å². The maximum Gasteiger partial charge on any atom is 0.329 e. The molecule has 8 nitrogen and oxygen atoms in total. The highest BCUT2D eigenvalue weighted by Gasteiger charge is 2.22. The third-order valence-electron chi connectivity index (χ3n) is 6.04. The second-order valence-corrected chi connectivity index (χ2v) is 7.83. The Kier molecular flexibility index (Phi) is 4.18. The standard InChI is InChI=1S/C23H22N6O2/c1-13-14(2)26-29(15(13)3)22-24-20-19(21(30)25-23(31)27(20)4)28(22)12-17-10-7-9-16-8-5-6-11-18(16)17/h5-11H,12H2,1-4H3,(H,25,30,31). The van der Waals surface area contributed by atoms with E-state index in [0.717, 1.165) is 33.3 Å². The predicted molar refractivity (Wildman–Crippen MR) is 120 cm³/mol. The third kappa shape index (κ3) is 2.83. The summed E-state index contributed by atoms with van der Waals surface area (Å²) >= 11 is 0. The van der Waals surface area contributed by atoms with Gasteiger partial charge in [0.15, 0.2) is 11.2 Å². The second-order valence-electron chi connectivity index (χ2n) is 7.83. The van der Waals surface area contributed by atoms with Crippen LogP contribution in [0.1, 0.15) is 22.5 Å². The van der Waals surface area contributed by atoms with Crippen LogP contribution in [0.3, 0.4) is 0 Å². The SMILES string of the molecule is Cc1nn(-c2nc3c(c(=O)[nH]c(=O)n3C)n2Cc2cccc3ccccc23)c(C)c1C. The van der Waals surface area contributed by atoms with E-state index >= 15 is 0 Å². The number of rotatable bonds is 3. The average molecular weight is 414 g/mol. The molecule has 1 N–H and O–H groups in total. The molecule has 0 atom stereocenters. The summed E-state index contributed by atoms with van der Waals surface area (Å²) in [5, 5.41) is 6.88. The lowest BCUT2D eigenvalue weighted by molar-refractivity contribution is 0.702. The minimum Gasteiger partial charge on any atom is -0.298 e. The van der Waals surface area contributed by atoms with Gasteiger partial charge in [0.1, 0.15) is 0 Å². The van der Waals surface area contributed by atoms with E-state index in [1.807, 2.05) is 49.6 Å². The second kappa shape index (κ2) is 6.80. The largest absolute Gasteiger partial charge is 0.329 e. The normalized spacial score (nSPS) is 11.6. The molecule has 0 unspecified atom stereocenters. The van der Waals surface area contributed by atoms with Crippen molar-refractivity contribution in [2.75, 3.05) is 0 Å². The fraction of sp³-hybridized carbons (Fsp3) is 0.217. The topological polar surface area (TPSA) is 90.5 Å². The van der Waals surface area contributed by atoms with Gasteiger partial charge >= 0.3 is 5.69 Å². The number of nitrogens with one attached hydrogen (secondary N) is 1. The van der Waals surface area contributed by atoms with Gasteiger partial charge in [-0.3, -0.25) is 18.9 Å². The molecule has 0 saturated heterocycles. The summed E-state index contributed by atoms with van der Waals surface area (Å²) in [5.41, 5.74) is 3.65. The fourth-order valence-corrected chi connectivity index (χ4v) is 4.05. The molecule has 3 heterocycles. The van der Waals surface area contributed by atoms with Gasteiger partial charge in [-0.15, -0.1) is 0 Å². The first-order chi connectivity index (χ1) is 14.9. The summed E-state index contributed by atoms with van der Waals surface area (Å²) in [4.78, 5) is 32.2. The Morgan fingerprint density at radius 1 is 1.00 bits per heavy atom. The van der Waals surface area contributed by atoms with E-state index in [-0.39, 0.29) is 0 Å². The van der Waals surface area contributed by atoms with Gasteiger partial charge in [0.25, 0.3) is 5.56 Å². The summed E-state index contributed by atoms with van der Waals surface area (Å²) in [6.07, 6.45) is 0. The molecular formula is C23H22N6O2. The highest BCUT2D eigenvalue weighted by atomic mass is 16.2. The molecule has 0 bridgehead atoms. The van der Waals surface area contributed by atoms with Gasteiger partial charge in [-0.25, -0.2) is 9.48 Å². The predicted octanol–water partition coefficient (Wildman–Crippen LogP) is 2.74. The Hall–Kier alpha value is -3.94. The molecule has 156 valence electrons. The van der Waals surface area contributed by atoms with Crippen molar-refractivity contribution >= 4 is 21.9 Å². The molecule has 2 aromatic carbocycles. The average Bonchev–Trinajstić information content (AvgIpc) is 3.25. The third-order valence-corrected chi connectivity index (χ3v) is 6.04. The molecule has 0 spiro atoms. The van der Waals surface area contributed by atoms with Gasteiger partial charge in [-0.05, 0) is 42.7 Å². The highest BCUT2D eigenvalue weighted by Crippen LogP contribution is 2.24. The first-order valence-electron chi connectivity index (χ1n) is 10.1. The molecule has 0 radical (unpaired) electrons. The number of aryl methyl sites for hydroxylation is 2. The van der Waals surface area contributed by atoms with Crippen molar-refractivity contribution in [3.8, 4) is 5.95 Å². The van der Waals surface area contributed by atoms with Crippen LogP contribution in [0.4, 0.5) is 0 Å². The Morgan fingerprint density at radius 3 is 2.48 bits per heavy atom. The smallest absolute Gasteiger partial charge is 0.298 e. The zero-order chi connectivity index (χ0) is 21.9. The lowest BCUT2D eigenvalue weighted by Crippen LogP contribution is -2.29. The molecule has 0 aliphatic rings. The number of fused-ring (bicyclic) bond motifs is 2. The molecule has 8 heteroatoms. The van der Waals surface area contributed by atoms with Crippen LogP contribution >= 0.6 is 0 Å². The van der Waals surface area contributed by atoms with E-state index < -0.39 is 11.2 Å². The first kappa shape index (κ1) is 19.0. The Balaban J connectivity index is 1.85. The van der Waals surface area contributed by atoms with Gasteiger partial charge in [0, 0.05) is 12.7 Å². The monoisotopic (exact) mass is 414 g/mol. The molecule has 5 rings (SSSR count). The minimum absolute atomic E-state index is 0.328. The number of H-pyrrole nitrogens is 1. The van der Waals surface area contributed by atoms with E-state index in [0.29, 0.717) is 23.7 Å². The van der Waals surface area contributed by atoms with Crippen LogP contribution < -0.4 is 11.2 Å². The van der Waals surface area contributed by atoms with Crippen LogP contribution in [-0.4, -0.2) is 28.9 Å². The van der Waals surface area contributed by atoms with Crippen LogP contribution in [0.15, 0.2) is 52.1 Å². The molecule has 0 amide bonds. The van der Waals surface area contributed by atoms with Gasteiger partial charge in [-0.2, -0.15) is 10.1 Å². The molecule has 5 aromatic rings. The summed E-state index contributed by atoms with van der Waals surface area (Å²) < 4.78 is 4.95. The molecule has 0 aliphatic heterocycles. The lowest BCUT2D eigenvalue weighted by Gasteiger charge is -2.12. The van der Waals surface area contributed by atoms with E-state index in [1.165, 1.54) is 4.57 Å². The van der Waals surface area contributed by atoms with Crippen LogP contribution in [0, 0.1) is 20.8 Å². The molecule has 3 aromatic heterocycles. The molecule has 31 heavy (non-hydrogen) atoms. The number of benzene rings is 2. The lowest BCUT2D eigenvalue weighted by atomic mass is 10.0. The highest BCUT2D eigenvalue weighted by molar-refractivity contribution is 5.86. The zero-order valence-corrected chi connectivity index (χ0v) is 17.8. The van der Waals surface area contributed by atoms with Crippen molar-refractivity contribution < 1.29 is 0 Å². The number of aromatic nitrogens is 6. The van der Waals surface area contributed by atoms with Crippen molar-refractivity contribution in [1.82, 2.24) is 28.9 Å². The van der Waals surface area contributed by atoms with Gasteiger partial charge in [-0.1, -0.05) is 42.5 Å². The Bertz CT molecular complexity index is 1590. The summed E-state index contributed by atoms with van der Waals surface area (Å²) in [6.45, 7) is 6.33. The number of hydrogen-bond acceptors (Lipinski definition) is 4. The van der Waals surface area contributed by atoms with Gasteiger partial charge in [0.05, 0.1) is 12.2 Å². The summed E-state index contributed by atoms with van der Waals surface area (Å²) in [7, 11) is 1.60. The van der Waals surface area contributed by atoms with Crippen LogP contribution in [0.25, 0.3) is 27.9 Å². The molecular weight excluding hydrogens is 392 g/mol. The van der Waals surface area contributed by atoms with Crippen LogP contribution in [-0.2, 0) is 13.6 Å². The molecule has 0 aliphatic carbocycles. The first-order valence-corrected chi connectivity index (χ1v) is 10.1. The minimum atomic E-state index is -0.497. The Morgan fingerprint density at radius 2 is 1.74 bits per heavy atom. The zero-order valence-electron chi connectivity index (χ0n) is 17.8. The van der Waals surface area contributed by atoms with Crippen molar-refractivity contribution in [3.63, 3.8) is 0 Å².